The van der Waals surface area contributed by atoms with E-state index in [-0.39, 0.29) is 0 Å². The summed E-state index contributed by atoms with van der Waals surface area (Å²) in [7, 11) is 0. The Bertz CT molecular complexity index is 251. The maximum Gasteiger partial charge on any atom is 0.0594 e. The maximum atomic E-state index is 5.48. The number of hydrogen-bond acceptors (Lipinski definition) is 3. The van der Waals surface area contributed by atoms with Crippen LogP contribution in [0.4, 0.5) is 0 Å². The van der Waals surface area contributed by atoms with Crippen LogP contribution >= 0.6 is 0 Å². The molecule has 1 N–H and O–H groups in total. The van der Waals surface area contributed by atoms with Gasteiger partial charge >= 0.3 is 0 Å². The lowest BCUT2D eigenvalue weighted by Crippen LogP contribution is -2.49. The molecule has 3 unspecified atom stereocenters. The molecule has 112 valence electrons. The fourth-order valence-corrected chi connectivity index (χ4v) is 3.54. The molecule has 0 aromatic carbocycles. The molecule has 2 aliphatic rings. The molecule has 0 aromatic heterocycles. The minimum absolute atomic E-state index is 0.694. The van der Waals surface area contributed by atoms with Crippen LogP contribution in [0.5, 0.6) is 0 Å². The number of hydrogen-bond donors (Lipinski definition) is 1. The quantitative estimate of drug-likeness (QED) is 0.801. The van der Waals surface area contributed by atoms with Crippen LogP contribution < -0.4 is 5.32 Å². The van der Waals surface area contributed by atoms with Crippen LogP contribution in [0.15, 0.2) is 0 Å². The Morgan fingerprint density at radius 2 is 1.95 bits per heavy atom. The highest BCUT2D eigenvalue weighted by Gasteiger charge is 2.25. The molecule has 0 radical (unpaired) electrons. The molecule has 2 rings (SSSR count). The van der Waals surface area contributed by atoms with Crippen LogP contribution in [-0.4, -0.2) is 49.8 Å². The Kier molecular flexibility index (Phi) is 6.11. The van der Waals surface area contributed by atoms with Crippen molar-refractivity contribution >= 4 is 0 Å². The first kappa shape index (κ1) is 15.3. The van der Waals surface area contributed by atoms with E-state index < -0.39 is 0 Å². The number of nitrogens with zero attached hydrogens (tertiary/aromatic N) is 1. The molecule has 0 amide bonds. The molecule has 0 spiro atoms. The molecule has 1 saturated heterocycles. The van der Waals surface area contributed by atoms with Crippen LogP contribution in [0.2, 0.25) is 0 Å². The average Bonchev–Trinajstić information content (AvgIpc) is 2.81. The average molecular weight is 268 g/mol. The SMILES string of the molecule is CC(C)CC(CNC1CCC(C)C1)N1CCOCC1. The van der Waals surface area contributed by atoms with Gasteiger partial charge in [0.2, 0.25) is 0 Å². The summed E-state index contributed by atoms with van der Waals surface area (Å²) >= 11 is 0. The van der Waals surface area contributed by atoms with E-state index in [2.05, 4.69) is 31.0 Å². The molecular formula is C16H32N2O. The predicted octanol–water partition coefficient (Wildman–Crippen LogP) is 2.51. The summed E-state index contributed by atoms with van der Waals surface area (Å²) < 4.78 is 5.48. The van der Waals surface area contributed by atoms with Crippen molar-refractivity contribution in [2.24, 2.45) is 11.8 Å². The third-order valence-corrected chi connectivity index (χ3v) is 4.64. The maximum absolute atomic E-state index is 5.48. The normalized spacial score (nSPS) is 30.9. The summed E-state index contributed by atoms with van der Waals surface area (Å²) in [5.74, 6) is 1.70. The lowest BCUT2D eigenvalue weighted by Gasteiger charge is -2.36. The Hall–Kier alpha value is -0.120. The van der Waals surface area contributed by atoms with Crippen molar-refractivity contribution in [1.29, 1.82) is 0 Å². The van der Waals surface area contributed by atoms with E-state index in [1.54, 1.807) is 0 Å². The highest BCUT2D eigenvalue weighted by Crippen LogP contribution is 2.25. The molecule has 0 bridgehead atoms. The van der Waals surface area contributed by atoms with E-state index in [1.165, 1.54) is 25.7 Å². The zero-order valence-electron chi connectivity index (χ0n) is 13.0. The molecule has 3 atom stereocenters. The largest absolute Gasteiger partial charge is 0.379 e. The van der Waals surface area contributed by atoms with Crippen molar-refractivity contribution in [1.82, 2.24) is 10.2 Å². The molecule has 0 aromatic rings. The lowest BCUT2D eigenvalue weighted by atomic mass is 10.0. The number of rotatable bonds is 6. The fourth-order valence-electron chi connectivity index (χ4n) is 3.54. The Morgan fingerprint density at radius 3 is 2.53 bits per heavy atom. The molecular weight excluding hydrogens is 236 g/mol. The second kappa shape index (κ2) is 7.61. The molecule has 1 aliphatic carbocycles. The Balaban J connectivity index is 1.79. The fraction of sp³-hybridized carbons (Fsp3) is 1.00. The highest BCUT2D eigenvalue weighted by molar-refractivity contribution is 4.83. The molecule has 3 nitrogen and oxygen atoms in total. The minimum atomic E-state index is 0.694. The lowest BCUT2D eigenvalue weighted by molar-refractivity contribution is 0.0118. The van der Waals surface area contributed by atoms with E-state index in [1.807, 2.05) is 0 Å². The molecule has 2 fully saturated rings. The molecule has 19 heavy (non-hydrogen) atoms. The first-order valence-electron chi connectivity index (χ1n) is 8.20. The van der Waals surface area contributed by atoms with Gasteiger partial charge in [-0.15, -0.1) is 0 Å². The van der Waals surface area contributed by atoms with E-state index >= 15 is 0 Å². The van der Waals surface area contributed by atoms with Gasteiger partial charge < -0.3 is 10.1 Å². The van der Waals surface area contributed by atoms with E-state index in [0.717, 1.165) is 50.7 Å². The van der Waals surface area contributed by atoms with Gasteiger partial charge in [-0.25, -0.2) is 0 Å². The van der Waals surface area contributed by atoms with Gasteiger partial charge in [0, 0.05) is 31.7 Å². The monoisotopic (exact) mass is 268 g/mol. The summed E-state index contributed by atoms with van der Waals surface area (Å²) in [5, 5.41) is 3.83. The number of morpholine rings is 1. The predicted molar refractivity (Wildman–Crippen MR) is 80.4 cm³/mol. The van der Waals surface area contributed by atoms with Crippen LogP contribution in [0, 0.1) is 11.8 Å². The van der Waals surface area contributed by atoms with Crippen molar-refractivity contribution in [3.8, 4) is 0 Å². The van der Waals surface area contributed by atoms with Crippen molar-refractivity contribution in [2.75, 3.05) is 32.8 Å². The van der Waals surface area contributed by atoms with Gasteiger partial charge in [0.15, 0.2) is 0 Å². The smallest absolute Gasteiger partial charge is 0.0594 e. The standard InChI is InChI=1S/C16H32N2O/c1-13(2)10-16(18-6-8-19-9-7-18)12-17-15-5-4-14(3)11-15/h13-17H,4-12H2,1-3H3. The Morgan fingerprint density at radius 1 is 1.21 bits per heavy atom. The van der Waals surface area contributed by atoms with Gasteiger partial charge in [0.25, 0.3) is 0 Å². The van der Waals surface area contributed by atoms with Crippen molar-refractivity contribution in [2.45, 2.75) is 58.5 Å². The van der Waals surface area contributed by atoms with Crippen molar-refractivity contribution in [3.63, 3.8) is 0 Å². The first-order valence-corrected chi connectivity index (χ1v) is 8.20. The zero-order chi connectivity index (χ0) is 13.7. The summed E-state index contributed by atoms with van der Waals surface area (Å²) in [5.41, 5.74) is 0. The van der Waals surface area contributed by atoms with E-state index in [4.69, 9.17) is 4.74 Å². The van der Waals surface area contributed by atoms with Gasteiger partial charge in [0.05, 0.1) is 13.2 Å². The summed E-state index contributed by atoms with van der Waals surface area (Å²) in [6.07, 6.45) is 5.45. The second-order valence-corrected chi connectivity index (χ2v) is 6.96. The summed E-state index contributed by atoms with van der Waals surface area (Å²) in [6.45, 7) is 12.3. The van der Waals surface area contributed by atoms with Gasteiger partial charge in [-0.05, 0) is 37.5 Å². The third-order valence-electron chi connectivity index (χ3n) is 4.64. The van der Waals surface area contributed by atoms with Crippen LogP contribution in [0.3, 0.4) is 0 Å². The summed E-state index contributed by atoms with van der Waals surface area (Å²) in [6, 6.07) is 1.46. The zero-order valence-corrected chi connectivity index (χ0v) is 13.0. The third kappa shape index (κ3) is 5.05. The van der Waals surface area contributed by atoms with Gasteiger partial charge in [-0.3, -0.25) is 4.90 Å². The van der Waals surface area contributed by atoms with E-state index in [0.29, 0.717) is 6.04 Å². The second-order valence-electron chi connectivity index (χ2n) is 6.96. The van der Waals surface area contributed by atoms with Crippen molar-refractivity contribution in [3.05, 3.63) is 0 Å². The van der Waals surface area contributed by atoms with Gasteiger partial charge in [-0.1, -0.05) is 20.8 Å². The Labute approximate surface area is 119 Å². The molecule has 1 aliphatic heterocycles. The number of nitrogens with one attached hydrogen (secondary N) is 1. The summed E-state index contributed by atoms with van der Waals surface area (Å²) in [4.78, 5) is 2.63. The molecule has 1 heterocycles. The van der Waals surface area contributed by atoms with Crippen LogP contribution in [-0.2, 0) is 4.74 Å². The topological polar surface area (TPSA) is 24.5 Å². The van der Waals surface area contributed by atoms with Crippen LogP contribution in [0.1, 0.15) is 46.5 Å². The molecule has 3 heteroatoms. The first-order chi connectivity index (χ1) is 9.15. The molecule has 1 saturated carbocycles. The minimum Gasteiger partial charge on any atom is -0.379 e. The highest BCUT2D eigenvalue weighted by atomic mass is 16.5. The number of ether oxygens (including phenoxy) is 1. The van der Waals surface area contributed by atoms with Crippen molar-refractivity contribution < 1.29 is 4.74 Å². The van der Waals surface area contributed by atoms with Crippen LogP contribution in [0.25, 0.3) is 0 Å². The van der Waals surface area contributed by atoms with Gasteiger partial charge in [-0.2, -0.15) is 0 Å². The van der Waals surface area contributed by atoms with Gasteiger partial charge in [0.1, 0.15) is 0 Å². The van der Waals surface area contributed by atoms with E-state index in [9.17, 15) is 0 Å².